The molecule has 0 atom stereocenters. The Bertz CT molecular complexity index is 711. The van der Waals surface area contributed by atoms with Crippen LogP contribution in [0.1, 0.15) is 19.4 Å². The molecule has 0 amide bonds. The molecule has 0 unspecified atom stereocenters. The van der Waals surface area contributed by atoms with Crippen molar-refractivity contribution in [3.63, 3.8) is 0 Å². The lowest BCUT2D eigenvalue weighted by atomic mass is 10.2. The van der Waals surface area contributed by atoms with Crippen LogP contribution in [0.4, 0.5) is 21.6 Å². The van der Waals surface area contributed by atoms with Gasteiger partial charge in [-0.05, 0) is 24.6 Å². The van der Waals surface area contributed by atoms with Gasteiger partial charge >= 0.3 is 0 Å². The van der Waals surface area contributed by atoms with E-state index >= 15 is 0 Å². The molecule has 0 aliphatic carbocycles. The number of nitrogens with zero attached hydrogens (tertiary/aromatic N) is 1. The van der Waals surface area contributed by atoms with Crippen LogP contribution in [0.25, 0.3) is 0 Å². The molecule has 120 valence electrons. The summed E-state index contributed by atoms with van der Waals surface area (Å²) in [6.45, 7) is 5.79. The molecule has 1 aromatic carbocycles. The van der Waals surface area contributed by atoms with Crippen LogP contribution in [-0.2, 0) is 7.05 Å². The zero-order valence-corrected chi connectivity index (χ0v) is 13.5. The summed E-state index contributed by atoms with van der Waals surface area (Å²) in [6.07, 6.45) is 0. The summed E-state index contributed by atoms with van der Waals surface area (Å²) in [5.74, 6) is 0.125. The second-order valence-corrected chi connectivity index (χ2v) is 4.48. The predicted molar refractivity (Wildman–Crippen MR) is 88.4 cm³/mol. The summed E-state index contributed by atoms with van der Waals surface area (Å²) in [5, 5.41) is 2.83. The number of aromatic nitrogens is 1. The van der Waals surface area contributed by atoms with E-state index in [1.54, 1.807) is 26.1 Å². The number of pyridine rings is 1. The van der Waals surface area contributed by atoms with Crippen molar-refractivity contribution in [3.8, 4) is 5.75 Å². The predicted octanol–water partition coefficient (Wildman–Crippen LogP) is 3.19. The molecule has 0 spiro atoms. The Hall–Kier alpha value is -2.50. The molecule has 1 heterocycles. The maximum absolute atomic E-state index is 13.9. The molecule has 3 N–H and O–H groups in total. The van der Waals surface area contributed by atoms with Crippen LogP contribution < -0.4 is 21.3 Å². The van der Waals surface area contributed by atoms with Gasteiger partial charge in [-0.25, -0.2) is 4.39 Å². The molecule has 0 saturated carbocycles. The number of ether oxygens (including phenoxy) is 1. The van der Waals surface area contributed by atoms with Crippen LogP contribution >= 0.6 is 0 Å². The smallest absolute Gasteiger partial charge is 0.255 e. The van der Waals surface area contributed by atoms with Gasteiger partial charge in [0.05, 0.1) is 12.8 Å². The van der Waals surface area contributed by atoms with Crippen molar-refractivity contribution in [3.05, 3.63) is 46.0 Å². The maximum Gasteiger partial charge on any atom is 0.255 e. The summed E-state index contributed by atoms with van der Waals surface area (Å²) >= 11 is 0. The number of hydrogen-bond acceptors (Lipinski definition) is 4. The van der Waals surface area contributed by atoms with Gasteiger partial charge in [0, 0.05) is 13.1 Å². The second kappa shape index (κ2) is 7.49. The largest absolute Gasteiger partial charge is 0.494 e. The van der Waals surface area contributed by atoms with Gasteiger partial charge in [-0.15, -0.1) is 0 Å². The number of anilines is 3. The fourth-order valence-electron chi connectivity index (χ4n) is 1.86. The molecule has 2 aromatic rings. The summed E-state index contributed by atoms with van der Waals surface area (Å²) in [5.41, 5.74) is 6.91. The highest BCUT2D eigenvalue weighted by molar-refractivity contribution is 5.74. The number of hydrogen-bond donors (Lipinski definition) is 2. The molecular weight excluding hydrogens is 285 g/mol. The monoisotopic (exact) mass is 307 g/mol. The van der Waals surface area contributed by atoms with E-state index in [1.165, 1.54) is 23.8 Å². The van der Waals surface area contributed by atoms with Gasteiger partial charge in [0.1, 0.15) is 17.3 Å². The molecule has 1 aromatic heterocycles. The number of rotatable bonds is 3. The Morgan fingerprint density at radius 1 is 1.27 bits per heavy atom. The lowest BCUT2D eigenvalue weighted by Gasteiger charge is -2.16. The number of halogens is 1. The standard InChI is InChI=1S/C14H16FN3O2.C2H6/c1-8-4-5-10(9(15)6-8)17-14-13(16)11(20-3)7-12(19)18(14)2;1-2/h4-7,17H,16H2,1-3H3;1-2H3. The van der Waals surface area contributed by atoms with Crippen molar-refractivity contribution < 1.29 is 9.13 Å². The van der Waals surface area contributed by atoms with Gasteiger partial charge in [-0.2, -0.15) is 0 Å². The van der Waals surface area contributed by atoms with Gasteiger partial charge in [-0.1, -0.05) is 19.9 Å². The molecule has 5 nitrogen and oxygen atoms in total. The van der Waals surface area contributed by atoms with E-state index < -0.39 is 5.82 Å². The van der Waals surface area contributed by atoms with Gasteiger partial charge in [0.15, 0.2) is 5.75 Å². The Labute approximate surface area is 129 Å². The highest BCUT2D eigenvalue weighted by atomic mass is 19.1. The summed E-state index contributed by atoms with van der Waals surface area (Å²) in [7, 11) is 2.97. The molecular formula is C16H22FN3O2. The van der Waals surface area contributed by atoms with Crippen LogP contribution in [0.5, 0.6) is 5.75 Å². The van der Waals surface area contributed by atoms with Crippen molar-refractivity contribution in [1.29, 1.82) is 0 Å². The molecule has 0 aliphatic heterocycles. The molecule has 6 heteroatoms. The van der Waals surface area contributed by atoms with E-state index in [4.69, 9.17) is 10.5 Å². The Balaban J connectivity index is 0.00000116. The number of nitrogen functional groups attached to an aromatic ring is 1. The minimum Gasteiger partial charge on any atom is -0.494 e. The molecule has 22 heavy (non-hydrogen) atoms. The van der Waals surface area contributed by atoms with Crippen LogP contribution in [-0.4, -0.2) is 11.7 Å². The number of nitrogens with two attached hydrogens (primary N) is 1. The first-order valence-electron chi connectivity index (χ1n) is 7.00. The zero-order chi connectivity index (χ0) is 16.9. The Kier molecular flexibility index (Phi) is 5.98. The third-order valence-corrected chi connectivity index (χ3v) is 3.04. The van der Waals surface area contributed by atoms with E-state index in [0.717, 1.165) is 5.56 Å². The quantitative estimate of drug-likeness (QED) is 0.913. The third-order valence-electron chi connectivity index (χ3n) is 3.04. The van der Waals surface area contributed by atoms with E-state index in [-0.39, 0.29) is 28.5 Å². The summed E-state index contributed by atoms with van der Waals surface area (Å²) in [6, 6.07) is 6.04. The summed E-state index contributed by atoms with van der Waals surface area (Å²) in [4.78, 5) is 11.8. The van der Waals surface area contributed by atoms with E-state index in [2.05, 4.69) is 5.32 Å². The average molecular weight is 307 g/mol. The fourth-order valence-corrected chi connectivity index (χ4v) is 1.86. The third kappa shape index (κ3) is 3.58. The number of aryl methyl sites for hydroxylation is 1. The molecule has 0 fully saturated rings. The summed E-state index contributed by atoms with van der Waals surface area (Å²) < 4.78 is 20.2. The molecule has 0 saturated heterocycles. The number of benzene rings is 1. The first-order valence-corrected chi connectivity index (χ1v) is 7.00. The normalized spacial score (nSPS) is 9.73. The van der Waals surface area contributed by atoms with Crippen molar-refractivity contribution in [2.24, 2.45) is 7.05 Å². The van der Waals surface area contributed by atoms with E-state index in [1.807, 2.05) is 13.8 Å². The van der Waals surface area contributed by atoms with Gasteiger partial charge < -0.3 is 15.8 Å². The first-order chi connectivity index (χ1) is 10.4. The van der Waals surface area contributed by atoms with E-state index in [9.17, 15) is 9.18 Å². The molecule has 0 radical (unpaired) electrons. The maximum atomic E-state index is 13.9. The van der Waals surface area contributed by atoms with Crippen molar-refractivity contribution in [2.75, 3.05) is 18.2 Å². The SMILES string of the molecule is CC.COc1cc(=O)n(C)c(Nc2ccc(C)cc2F)c1N. The van der Waals surface area contributed by atoms with Gasteiger partial charge in [0.25, 0.3) is 5.56 Å². The Morgan fingerprint density at radius 3 is 2.45 bits per heavy atom. The molecule has 0 bridgehead atoms. The average Bonchev–Trinajstić information content (AvgIpc) is 2.51. The highest BCUT2D eigenvalue weighted by Crippen LogP contribution is 2.30. The van der Waals surface area contributed by atoms with Crippen LogP contribution in [0, 0.1) is 12.7 Å². The number of methoxy groups -OCH3 is 1. The molecule has 2 rings (SSSR count). The van der Waals surface area contributed by atoms with E-state index in [0.29, 0.717) is 0 Å². The van der Waals surface area contributed by atoms with Crippen LogP contribution in [0.2, 0.25) is 0 Å². The van der Waals surface area contributed by atoms with Gasteiger partial charge in [-0.3, -0.25) is 9.36 Å². The fraction of sp³-hybridized carbons (Fsp3) is 0.312. The van der Waals surface area contributed by atoms with Crippen LogP contribution in [0.15, 0.2) is 29.1 Å². The zero-order valence-electron chi connectivity index (χ0n) is 13.5. The lowest BCUT2D eigenvalue weighted by Crippen LogP contribution is -2.21. The highest BCUT2D eigenvalue weighted by Gasteiger charge is 2.13. The van der Waals surface area contributed by atoms with Crippen molar-refractivity contribution >= 4 is 17.2 Å². The Morgan fingerprint density at radius 2 is 1.91 bits per heavy atom. The van der Waals surface area contributed by atoms with Crippen molar-refractivity contribution in [2.45, 2.75) is 20.8 Å². The van der Waals surface area contributed by atoms with Crippen molar-refractivity contribution in [1.82, 2.24) is 4.57 Å². The first kappa shape index (κ1) is 17.6. The molecule has 0 aliphatic rings. The second-order valence-electron chi connectivity index (χ2n) is 4.48. The lowest BCUT2D eigenvalue weighted by molar-refractivity contribution is 0.415. The minimum absolute atomic E-state index is 0.241. The topological polar surface area (TPSA) is 69.3 Å². The number of nitrogens with one attached hydrogen (secondary N) is 1. The van der Waals surface area contributed by atoms with Gasteiger partial charge in [0.2, 0.25) is 0 Å². The minimum atomic E-state index is -0.417. The van der Waals surface area contributed by atoms with Crippen LogP contribution in [0.3, 0.4) is 0 Å².